The summed E-state index contributed by atoms with van der Waals surface area (Å²) in [7, 11) is -3.00. The Kier molecular flexibility index (Phi) is 4.73. The van der Waals surface area contributed by atoms with Gasteiger partial charge in [0.1, 0.15) is 9.84 Å². The molecule has 0 aliphatic carbocycles. The van der Waals surface area contributed by atoms with Crippen LogP contribution < -0.4 is 0 Å². The van der Waals surface area contributed by atoms with Crippen molar-refractivity contribution in [2.45, 2.75) is 69.7 Å². The lowest BCUT2D eigenvalue weighted by atomic mass is 9.99. The van der Waals surface area contributed by atoms with Crippen LogP contribution in [0.5, 0.6) is 0 Å². The molecule has 2 heterocycles. The number of benzene rings is 1. The standard InChI is InChI=1S/C19H27NO3S/c1-13-4-5-15(10-14(13)2)6-9-19(21)20-16-7-8-17(20)12-18(11-16)24(3,22)23/h4-5,10,16-18H,6-9,11-12H2,1-3H3. The van der Waals surface area contributed by atoms with Crippen molar-refractivity contribution in [1.82, 2.24) is 4.90 Å². The molecule has 2 unspecified atom stereocenters. The maximum atomic E-state index is 12.7. The average molecular weight is 349 g/mol. The molecule has 1 amide bonds. The fraction of sp³-hybridized carbons (Fsp3) is 0.632. The molecule has 5 heteroatoms. The molecule has 0 radical (unpaired) electrons. The molecule has 0 N–H and O–H groups in total. The molecule has 0 saturated carbocycles. The zero-order valence-electron chi connectivity index (χ0n) is 14.8. The van der Waals surface area contributed by atoms with Gasteiger partial charge in [0, 0.05) is 24.8 Å². The minimum absolute atomic E-state index is 0.121. The molecule has 1 aromatic rings. The first-order valence-electron chi connectivity index (χ1n) is 8.82. The van der Waals surface area contributed by atoms with Gasteiger partial charge in [-0.3, -0.25) is 4.79 Å². The molecule has 4 nitrogen and oxygen atoms in total. The molecule has 24 heavy (non-hydrogen) atoms. The average Bonchev–Trinajstić information content (AvgIpc) is 2.77. The van der Waals surface area contributed by atoms with E-state index in [1.165, 1.54) is 22.9 Å². The number of hydrogen-bond acceptors (Lipinski definition) is 3. The summed E-state index contributed by atoms with van der Waals surface area (Å²) in [5.41, 5.74) is 3.73. The van der Waals surface area contributed by atoms with Gasteiger partial charge in [0.05, 0.1) is 5.25 Å². The summed E-state index contributed by atoms with van der Waals surface area (Å²) in [5, 5.41) is -0.265. The van der Waals surface area contributed by atoms with Crippen LogP contribution in [0.3, 0.4) is 0 Å². The van der Waals surface area contributed by atoms with Crippen molar-refractivity contribution < 1.29 is 13.2 Å². The van der Waals surface area contributed by atoms with E-state index in [9.17, 15) is 13.2 Å². The Balaban J connectivity index is 1.63. The predicted molar refractivity (Wildman–Crippen MR) is 95.8 cm³/mol. The lowest BCUT2D eigenvalue weighted by Gasteiger charge is -2.38. The Morgan fingerprint density at radius 1 is 1.12 bits per heavy atom. The van der Waals surface area contributed by atoms with Crippen LogP contribution in [0.4, 0.5) is 0 Å². The molecule has 2 bridgehead atoms. The number of piperidine rings is 1. The molecule has 2 saturated heterocycles. The van der Waals surface area contributed by atoms with Crippen LogP contribution in [0.15, 0.2) is 18.2 Å². The van der Waals surface area contributed by atoms with Gasteiger partial charge in [-0.15, -0.1) is 0 Å². The van der Waals surface area contributed by atoms with Crippen LogP contribution in [0.1, 0.15) is 48.8 Å². The van der Waals surface area contributed by atoms with Gasteiger partial charge >= 0.3 is 0 Å². The van der Waals surface area contributed by atoms with Crippen LogP contribution in [0.2, 0.25) is 0 Å². The third-order valence-electron chi connectivity index (χ3n) is 5.78. The summed E-state index contributed by atoms with van der Waals surface area (Å²) in [5.74, 6) is 0.188. The van der Waals surface area contributed by atoms with Crippen molar-refractivity contribution in [3.63, 3.8) is 0 Å². The van der Waals surface area contributed by atoms with Crippen molar-refractivity contribution in [3.8, 4) is 0 Å². The Bertz CT molecular complexity index is 727. The smallest absolute Gasteiger partial charge is 0.223 e. The lowest BCUT2D eigenvalue weighted by molar-refractivity contribution is -0.135. The zero-order valence-corrected chi connectivity index (χ0v) is 15.6. The lowest BCUT2D eigenvalue weighted by Crippen LogP contribution is -2.49. The highest BCUT2D eigenvalue weighted by Gasteiger charge is 2.45. The molecule has 0 aromatic heterocycles. The quantitative estimate of drug-likeness (QED) is 0.840. The van der Waals surface area contributed by atoms with Crippen molar-refractivity contribution in [3.05, 3.63) is 34.9 Å². The Morgan fingerprint density at radius 3 is 2.29 bits per heavy atom. The van der Waals surface area contributed by atoms with E-state index < -0.39 is 9.84 Å². The van der Waals surface area contributed by atoms with Crippen molar-refractivity contribution in [2.75, 3.05) is 6.26 Å². The Hall–Kier alpha value is -1.36. The van der Waals surface area contributed by atoms with Crippen LogP contribution in [0.25, 0.3) is 0 Å². The number of amides is 1. The summed E-state index contributed by atoms with van der Waals surface area (Å²) < 4.78 is 23.7. The van der Waals surface area contributed by atoms with E-state index in [0.717, 1.165) is 19.3 Å². The van der Waals surface area contributed by atoms with Gasteiger partial charge in [-0.2, -0.15) is 0 Å². The minimum Gasteiger partial charge on any atom is -0.337 e. The van der Waals surface area contributed by atoms with E-state index >= 15 is 0 Å². The molecular formula is C19H27NO3S. The van der Waals surface area contributed by atoms with Crippen LogP contribution in [-0.4, -0.2) is 42.8 Å². The second kappa shape index (κ2) is 6.51. The Morgan fingerprint density at radius 2 is 1.75 bits per heavy atom. The van der Waals surface area contributed by atoms with E-state index in [2.05, 4.69) is 32.0 Å². The fourth-order valence-electron chi connectivity index (χ4n) is 4.22. The third-order valence-corrected chi connectivity index (χ3v) is 7.38. The van der Waals surface area contributed by atoms with Gasteiger partial charge in [-0.25, -0.2) is 8.42 Å². The first-order chi connectivity index (χ1) is 11.3. The molecule has 1 aromatic carbocycles. The normalized spacial score (nSPS) is 26.6. The van der Waals surface area contributed by atoms with E-state index in [1.807, 2.05) is 4.90 Å². The number of aryl methyl sites for hydroxylation is 3. The van der Waals surface area contributed by atoms with Gasteiger partial charge in [0.2, 0.25) is 5.91 Å². The van der Waals surface area contributed by atoms with E-state index in [0.29, 0.717) is 19.3 Å². The highest BCUT2D eigenvalue weighted by Crippen LogP contribution is 2.38. The minimum atomic E-state index is -3.00. The monoisotopic (exact) mass is 349 g/mol. The topological polar surface area (TPSA) is 54.5 Å². The van der Waals surface area contributed by atoms with Crippen molar-refractivity contribution >= 4 is 15.7 Å². The molecule has 132 valence electrons. The Labute approximate surface area is 145 Å². The van der Waals surface area contributed by atoms with Gasteiger partial charge in [-0.05, 0) is 62.6 Å². The summed E-state index contributed by atoms with van der Waals surface area (Å²) in [6, 6.07) is 6.61. The molecular weight excluding hydrogens is 322 g/mol. The van der Waals surface area contributed by atoms with Gasteiger partial charge in [0.15, 0.2) is 0 Å². The third kappa shape index (κ3) is 3.51. The first kappa shape index (κ1) is 17.5. The first-order valence-corrected chi connectivity index (χ1v) is 10.8. The van der Waals surface area contributed by atoms with Crippen LogP contribution in [0, 0.1) is 13.8 Å². The largest absolute Gasteiger partial charge is 0.337 e. The SMILES string of the molecule is Cc1ccc(CCC(=O)N2C3CCC2CC(S(C)(=O)=O)C3)cc1C. The highest BCUT2D eigenvalue weighted by molar-refractivity contribution is 7.91. The van der Waals surface area contributed by atoms with Crippen molar-refractivity contribution in [1.29, 1.82) is 0 Å². The summed E-state index contributed by atoms with van der Waals surface area (Å²) in [4.78, 5) is 14.7. The second-order valence-electron chi connectivity index (χ2n) is 7.53. The number of nitrogens with zero attached hydrogens (tertiary/aromatic N) is 1. The molecule has 3 rings (SSSR count). The van der Waals surface area contributed by atoms with Gasteiger partial charge < -0.3 is 4.90 Å². The van der Waals surface area contributed by atoms with Gasteiger partial charge in [0.25, 0.3) is 0 Å². The van der Waals surface area contributed by atoms with E-state index in [-0.39, 0.29) is 23.2 Å². The summed E-state index contributed by atoms with van der Waals surface area (Å²) >= 11 is 0. The van der Waals surface area contributed by atoms with E-state index in [1.54, 1.807) is 0 Å². The maximum absolute atomic E-state index is 12.7. The summed E-state index contributed by atoms with van der Waals surface area (Å²) in [6.45, 7) is 4.19. The number of carbonyl (C=O) groups excluding carboxylic acids is 1. The van der Waals surface area contributed by atoms with Crippen LogP contribution in [-0.2, 0) is 21.1 Å². The molecule has 0 spiro atoms. The number of sulfone groups is 1. The fourth-order valence-corrected chi connectivity index (χ4v) is 5.37. The molecule has 2 aliphatic heterocycles. The van der Waals surface area contributed by atoms with E-state index in [4.69, 9.17) is 0 Å². The predicted octanol–water partition coefficient (Wildman–Crippen LogP) is 2.80. The van der Waals surface area contributed by atoms with Gasteiger partial charge in [-0.1, -0.05) is 18.2 Å². The van der Waals surface area contributed by atoms with Crippen LogP contribution >= 0.6 is 0 Å². The zero-order chi connectivity index (χ0) is 17.5. The van der Waals surface area contributed by atoms with Crippen molar-refractivity contribution in [2.24, 2.45) is 0 Å². The highest BCUT2D eigenvalue weighted by atomic mass is 32.2. The number of fused-ring (bicyclic) bond motifs is 2. The molecule has 2 aliphatic rings. The molecule has 2 fully saturated rings. The number of rotatable bonds is 4. The number of hydrogen-bond donors (Lipinski definition) is 0. The number of carbonyl (C=O) groups is 1. The maximum Gasteiger partial charge on any atom is 0.223 e. The summed E-state index contributed by atoms with van der Waals surface area (Å²) in [6.07, 6.45) is 5.73. The molecule has 2 atom stereocenters. The second-order valence-corrected chi connectivity index (χ2v) is 9.85.